The summed E-state index contributed by atoms with van der Waals surface area (Å²) >= 11 is 0. The van der Waals surface area contributed by atoms with Crippen LogP contribution >= 0.6 is 0 Å². The van der Waals surface area contributed by atoms with Crippen molar-refractivity contribution in [2.24, 2.45) is 0 Å². The maximum Gasteiger partial charge on any atom is 0.119 e. The van der Waals surface area contributed by atoms with Crippen molar-refractivity contribution in [3.8, 4) is 11.5 Å². The highest BCUT2D eigenvalue weighted by atomic mass is 16.5. The van der Waals surface area contributed by atoms with E-state index >= 15 is 0 Å². The molecule has 106 valence electrons. The molecule has 2 rings (SSSR count). The molecule has 0 radical (unpaired) electrons. The monoisotopic (exact) mass is 272 g/mol. The number of likely N-dealkylation sites (N-methyl/N-ethyl adjacent to an activating group) is 1. The van der Waals surface area contributed by atoms with Gasteiger partial charge in [0.05, 0.1) is 13.7 Å². The molecule has 0 bridgehead atoms. The number of ether oxygens (including phenoxy) is 2. The van der Waals surface area contributed by atoms with E-state index in [9.17, 15) is 0 Å². The van der Waals surface area contributed by atoms with Gasteiger partial charge in [0, 0.05) is 18.4 Å². The van der Waals surface area contributed by atoms with Gasteiger partial charge in [0.15, 0.2) is 0 Å². The lowest BCUT2D eigenvalue weighted by molar-refractivity contribution is 0.326. The van der Waals surface area contributed by atoms with Crippen LogP contribution in [0.3, 0.4) is 0 Å². The molecular weight excluding hydrogens is 252 g/mol. The van der Waals surface area contributed by atoms with Gasteiger partial charge >= 0.3 is 0 Å². The highest BCUT2D eigenvalue weighted by Crippen LogP contribution is 2.18. The van der Waals surface area contributed by atoms with Crippen LogP contribution in [0.4, 0.5) is 11.4 Å². The summed E-state index contributed by atoms with van der Waals surface area (Å²) in [6, 6.07) is 15.4. The van der Waals surface area contributed by atoms with E-state index < -0.39 is 0 Å². The van der Waals surface area contributed by atoms with Crippen LogP contribution in [0.1, 0.15) is 0 Å². The van der Waals surface area contributed by atoms with Crippen LogP contribution in [0.2, 0.25) is 0 Å². The van der Waals surface area contributed by atoms with E-state index in [1.807, 2.05) is 55.6 Å². The van der Waals surface area contributed by atoms with E-state index in [-0.39, 0.29) is 0 Å². The zero-order valence-electron chi connectivity index (χ0n) is 11.9. The lowest BCUT2D eigenvalue weighted by Gasteiger charge is -2.19. The number of hydrogen-bond acceptors (Lipinski definition) is 4. The van der Waals surface area contributed by atoms with Gasteiger partial charge in [-0.15, -0.1) is 0 Å². The fourth-order valence-corrected chi connectivity index (χ4v) is 1.83. The highest BCUT2D eigenvalue weighted by molar-refractivity contribution is 5.48. The molecule has 2 aromatic rings. The molecule has 4 heteroatoms. The SMILES string of the molecule is COc1ccc(N(C)CCOc2ccc(N)cc2)cc1. The van der Waals surface area contributed by atoms with Gasteiger partial charge in [-0.25, -0.2) is 0 Å². The van der Waals surface area contributed by atoms with Gasteiger partial charge in [-0.2, -0.15) is 0 Å². The first-order valence-electron chi connectivity index (χ1n) is 6.52. The molecule has 20 heavy (non-hydrogen) atoms. The first kappa shape index (κ1) is 14.1. The van der Waals surface area contributed by atoms with Crippen molar-refractivity contribution in [1.29, 1.82) is 0 Å². The Kier molecular flexibility index (Phi) is 4.71. The van der Waals surface area contributed by atoms with Crippen molar-refractivity contribution in [3.63, 3.8) is 0 Å². The quantitative estimate of drug-likeness (QED) is 0.821. The maximum absolute atomic E-state index is 5.68. The van der Waals surface area contributed by atoms with Crippen molar-refractivity contribution in [2.45, 2.75) is 0 Å². The average Bonchev–Trinajstić information content (AvgIpc) is 2.49. The fraction of sp³-hybridized carbons (Fsp3) is 0.250. The van der Waals surface area contributed by atoms with Crippen molar-refractivity contribution in [3.05, 3.63) is 48.5 Å². The molecule has 0 heterocycles. The number of hydrogen-bond donors (Lipinski definition) is 1. The molecule has 0 amide bonds. The normalized spacial score (nSPS) is 10.1. The summed E-state index contributed by atoms with van der Waals surface area (Å²) in [6.07, 6.45) is 0. The van der Waals surface area contributed by atoms with Crippen molar-refractivity contribution >= 4 is 11.4 Å². The Bertz CT molecular complexity index is 523. The summed E-state index contributed by atoms with van der Waals surface area (Å²) < 4.78 is 10.8. The van der Waals surface area contributed by atoms with Crippen molar-refractivity contribution < 1.29 is 9.47 Å². The van der Waals surface area contributed by atoms with Gasteiger partial charge in [-0.1, -0.05) is 0 Å². The van der Waals surface area contributed by atoms with Crippen LogP contribution in [0.15, 0.2) is 48.5 Å². The lowest BCUT2D eigenvalue weighted by atomic mass is 10.3. The summed E-state index contributed by atoms with van der Waals surface area (Å²) in [7, 11) is 3.70. The fourth-order valence-electron chi connectivity index (χ4n) is 1.83. The number of nitrogen functional groups attached to an aromatic ring is 1. The Morgan fingerprint density at radius 2 is 1.55 bits per heavy atom. The Labute approximate surface area is 119 Å². The minimum atomic E-state index is 0.618. The second-order valence-corrected chi connectivity index (χ2v) is 4.54. The third kappa shape index (κ3) is 3.82. The number of benzene rings is 2. The van der Waals surface area contributed by atoms with E-state index in [2.05, 4.69) is 4.90 Å². The minimum Gasteiger partial charge on any atom is -0.497 e. The van der Waals surface area contributed by atoms with Crippen LogP contribution in [0.5, 0.6) is 11.5 Å². The third-order valence-corrected chi connectivity index (χ3v) is 3.09. The van der Waals surface area contributed by atoms with Gasteiger partial charge in [0.25, 0.3) is 0 Å². The molecule has 2 aromatic carbocycles. The summed E-state index contributed by atoms with van der Waals surface area (Å²) in [5.74, 6) is 1.70. The van der Waals surface area contributed by atoms with Crippen LogP contribution in [-0.2, 0) is 0 Å². The summed E-state index contributed by atoms with van der Waals surface area (Å²) in [4.78, 5) is 2.14. The topological polar surface area (TPSA) is 47.7 Å². The molecular formula is C16H20N2O2. The van der Waals surface area contributed by atoms with E-state index in [4.69, 9.17) is 15.2 Å². The predicted molar refractivity (Wildman–Crippen MR) is 82.6 cm³/mol. The molecule has 0 aromatic heterocycles. The van der Waals surface area contributed by atoms with E-state index in [0.717, 1.165) is 29.4 Å². The Morgan fingerprint density at radius 3 is 2.15 bits per heavy atom. The number of anilines is 2. The summed E-state index contributed by atoms with van der Waals surface area (Å²) in [5, 5.41) is 0. The van der Waals surface area contributed by atoms with Gasteiger partial charge in [-0.05, 0) is 48.5 Å². The first-order chi connectivity index (χ1) is 9.69. The number of nitrogens with zero attached hydrogens (tertiary/aromatic N) is 1. The number of methoxy groups -OCH3 is 1. The van der Waals surface area contributed by atoms with Crippen LogP contribution in [-0.4, -0.2) is 27.3 Å². The van der Waals surface area contributed by atoms with Crippen LogP contribution in [0, 0.1) is 0 Å². The third-order valence-electron chi connectivity index (χ3n) is 3.09. The molecule has 0 aliphatic carbocycles. The van der Waals surface area contributed by atoms with Gasteiger partial charge in [0.2, 0.25) is 0 Å². The number of rotatable bonds is 6. The molecule has 0 spiro atoms. The van der Waals surface area contributed by atoms with Crippen molar-refractivity contribution in [2.75, 3.05) is 37.9 Å². The van der Waals surface area contributed by atoms with Crippen LogP contribution in [0.25, 0.3) is 0 Å². The molecule has 0 fully saturated rings. The molecule has 0 saturated heterocycles. The van der Waals surface area contributed by atoms with E-state index in [1.54, 1.807) is 7.11 Å². The molecule has 0 unspecified atom stereocenters. The molecule has 0 aliphatic heterocycles. The molecule has 2 N–H and O–H groups in total. The summed E-state index contributed by atoms with van der Waals surface area (Å²) in [6.45, 7) is 1.42. The zero-order valence-corrected chi connectivity index (χ0v) is 11.9. The smallest absolute Gasteiger partial charge is 0.119 e. The molecule has 0 atom stereocenters. The predicted octanol–water partition coefficient (Wildman–Crippen LogP) is 2.79. The highest BCUT2D eigenvalue weighted by Gasteiger charge is 2.01. The van der Waals surface area contributed by atoms with Crippen molar-refractivity contribution in [1.82, 2.24) is 0 Å². The van der Waals surface area contributed by atoms with Gasteiger partial charge in [-0.3, -0.25) is 0 Å². The van der Waals surface area contributed by atoms with Crippen LogP contribution < -0.4 is 20.1 Å². The zero-order chi connectivity index (χ0) is 14.4. The van der Waals surface area contributed by atoms with Gasteiger partial charge in [0.1, 0.15) is 18.1 Å². The molecule has 4 nitrogen and oxygen atoms in total. The second-order valence-electron chi connectivity index (χ2n) is 4.54. The molecule has 0 saturated carbocycles. The Hall–Kier alpha value is -2.36. The number of nitrogens with two attached hydrogens (primary N) is 1. The largest absolute Gasteiger partial charge is 0.497 e. The molecule has 0 aliphatic rings. The maximum atomic E-state index is 5.68. The Balaban J connectivity index is 1.82. The summed E-state index contributed by atoms with van der Waals surface area (Å²) in [5.41, 5.74) is 7.50. The average molecular weight is 272 g/mol. The standard InChI is InChI=1S/C16H20N2O2/c1-18(14-5-9-15(19-2)10-6-14)11-12-20-16-7-3-13(17)4-8-16/h3-10H,11-12,17H2,1-2H3. The second kappa shape index (κ2) is 6.70. The minimum absolute atomic E-state index is 0.618. The van der Waals surface area contributed by atoms with E-state index in [0.29, 0.717) is 6.61 Å². The van der Waals surface area contributed by atoms with E-state index in [1.165, 1.54) is 0 Å². The lowest BCUT2D eigenvalue weighted by Crippen LogP contribution is -2.23. The Morgan fingerprint density at radius 1 is 0.950 bits per heavy atom. The first-order valence-corrected chi connectivity index (χ1v) is 6.52. The van der Waals surface area contributed by atoms with Gasteiger partial charge < -0.3 is 20.1 Å².